The van der Waals surface area contributed by atoms with Crippen molar-refractivity contribution in [2.45, 2.75) is 19.4 Å². The van der Waals surface area contributed by atoms with Gasteiger partial charge in [-0.3, -0.25) is 4.79 Å². The minimum absolute atomic E-state index is 0.0607. The number of hydrogen-bond acceptors (Lipinski definition) is 5. The number of nitrogens with zero attached hydrogens (tertiary/aromatic N) is 3. The third kappa shape index (κ3) is 4.76. The Labute approximate surface area is 176 Å². The number of aromatic nitrogens is 2. The fourth-order valence-electron chi connectivity index (χ4n) is 3.71. The first-order valence-corrected chi connectivity index (χ1v) is 10.3. The van der Waals surface area contributed by atoms with Crippen LogP contribution in [0.1, 0.15) is 18.4 Å². The zero-order valence-corrected chi connectivity index (χ0v) is 17.1. The molecule has 1 N–H and O–H groups in total. The van der Waals surface area contributed by atoms with Crippen molar-refractivity contribution < 1.29 is 9.53 Å². The van der Waals surface area contributed by atoms with Gasteiger partial charge in [-0.25, -0.2) is 9.97 Å². The normalized spacial score (nSPS) is 16.2. The van der Waals surface area contributed by atoms with Gasteiger partial charge in [0.2, 0.25) is 11.9 Å². The van der Waals surface area contributed by atoms with Crippen molar-refractivity contribution in [1.82, 2.24) is 15.3 Å². The summed E-state index contributed by atoms with van der Waals surface area (Å²) in [5, 5.41) is 3.06. The quantitative estimate of drug-likeness (QED) is 0.681. The van der Waals surface area contributed by atoms with Crippen LogP contribution in [0, 0.1) is 5.92 Å². The van der Waals surface area contributed by atoms with Gasteiger partial charge < -0.3 is 15.0 Å². The fraction of sp³-hybridized carbons (Fsp3) is 0.292. The SMILES string of the molecule is COc1ccc(CNC(=O)[C@H]2CCCN(c3ncc(-c4ccccc4)cn3)C2)cc1. The highest BCUT2D eigenvalue weighted by Gasteiger charge is 2.27. The molecule has 1 atom stereocenters. The van der Waals surface area contributed by atoms with E-state index in [0.29, 0.717) is 19.0 Å². The molecular formula is C24H26N4O2. The minimum Gasteiger partial charge on any atom is -0.497 e. The number of nitrogens with one attached hydrogen (secondary N) is 1. The fourth-order valence-corrected chi connectivity index (χ4v) is 3.71. The average molecular weight is 402 g/mol. The molecule has 0 unspecified atom stereocenters. The Balaban J connectivity index is 1.34. The highest BCUT2D eigenvalue weighted by molar-refractivity contribution is 5.79. The summed E-state index contributed by atoms with van der Waals surface area (Å²) >= 11 is 0. The molecule has 0 spiro atoms. The number of anilines is 1. The Kier molecular flexibility index (Phi) is 6.23. The van der Waals surface area contributed by atoms with Gasteiger partial charge in [-0.05, 0) is 36.1 Å². The topological polar surface area (TPSA) is 67.3 Å². The van der Waals surface area contributed by atoms with Crippen LogP contribution in [0.5, 0.6) is 5.75 Å². The van der Waals surface area contributed by atoms with Crippen molar-refractivity contribution in [2.24, 2.45) is 5.92 Å². The number of amides is 1. The van der Waals surface area contributed by atoms with Gasteiger partial charge in [0, 0.05) is 37.6 Å². The molecule has 154 valence electrons. The Bertz CT molecular complexity index is 959. The summed E-state index contributed by atoms with van der Waals surface area (Å²) in [5.74, 6) is 1.51. The molecule has 4 rings (SSSR count). The number of rotatable bonds is 6. The van der Waals surface area contributed by atoms with Crippen LogP contribution in [0.25, 0.3) is 11.1 Å². The number of ether oxygens (including phenoxy) is 1. The molecule has 2 aromatic carbocycles. The largest absolute Gasteiger partial charge is 0.497 e. The summed E-state index contributed by atoms with van der Waals surface area (Å²) in [4.78, 5) is 23.9. The van der Waals surface area contributed by atoms with Crippen LogP contribution < -0.4 is 15.0 Å². The summed E-state index contributed by atoms with van der Waals surface area (Å²) in [5.41, 5.74) is 3.14. The highest BCUT2D eigenvalue weighted by atomic mass is 16.5. The van der Waals surface area contributed by atoms with Crippen molar-refractivity contribution in [1.29, 1.82) is 0 Å². The van der Waals surface area contributed by atoms with Gasteiger partial charge in [0.25, 0.3) is 0 Å². The van der Waals surface area contributed by atoms with Crippen molar-refractivity contribution in [3.05, 3.63) is 72.6 Å². The lowest BCUT2D eigenvalue weighted by molar-refractivity contribution is -0.125. The summed E-state index contributed by atoms with van der Waals surface area (Å²) in [7, 11) is 1.64. The smallest absolute Gasteiger partial charge is 0.225 e. The van der Waals surface area contributed by atoms with Gasteiger partial charge in [0.1, 0.15) is 5.75 Å². The molecule has 30 heavy (non-hydrogen) atoms. The first-order chi connectivity index (χ1) is 14.7. The Morgan fingerprint density at radius 1 is 1.07 bits per heavy atom. The Morgan fingerprint density at radius 3 is 2.50 bits per heavy atom. The molecule has 1 amide bonds. The van der Waals surface area contributed by atoms with E-state index in [0.717, 1.165) is 41.8 Å². The number of carbonyl (C=O) groups excluding carboxylic acids is 1. The van der Waals surface area contributed by atoms with E-state index in [9.17, 15) is 4.79 Å². The molecule has 6 heteroatoms. The molecule has 1 fully saturated rings. The minimum atomic E-state index is -0.0607. The van der Waals surface area contributed by atoms with Crippen LogP contribution in [0.15, 0.2) is 67.0 Å². The van der Waals surface area contributed by atoms with E-state index in [1.165, 1.54) is 0 Å². The molecule has 2 heterocycles. The van der Waals surface area contributed by atoms with Crippen molar-refractivity contribution in [3.8, 4) is 16.9 Å². The number of hydrogen-bond donors (Lipinski definition) is 1. The second-order valence-corrected chi connectivity index (χ2v) is 7.49. The highest BCUT2D eigenvalue weighted by Crippen LogP contribution is 2.23. The molecule has 1 aliphatic rings. The molecular weight excluding hydrogens is 376 g/mol. The second kappa shape index (κ2) is 9.39. The van der Waals surface area contributed by atoms with E-state index < -0.39 is 0 Å². The number of methoxy groups -OCH3 is 1. The van der Waals surface area contributed by atoms with E-state index >= 15 is 0 Å². The van der Waals surface area contributed by atoms with Gasteiger partial charge in [-0.1, -0.05) is 42.5 Å². The van der Waals surface area contributed by atoms with Gasteiger partial charge in [-0.2, -0.15) is 0 Å². The van der Waals surface area contributed by atoms with Crippen LogP contribution in [0.2, 0.25) is 0 Å². The number of carbonyl (C=O) groups is 1. The lowest BCUT2D eigenvalue weighted by atomic mass is 9.97. The molecule has 0 bridgehead atoms. The maximum Gasteiger partial charge on any atom is 0.225 e. The van der Waals surface area contributed by atoms with Crippen LogP contribution in [-0.4, -0.2) is 36.1 Å². The first kappa shape index (κ1) is 19.9. The molecule has 1 aromatic heterocycles. The van der Waals surface area contributed by atoms with Gasteiger partial charge in [-0.15, -0.1) is 0 Å². The van der Waals surface area contributed by atoms with Crippen LogP contribution in [0.4, 0.5) is 5.95 Å². The molecule has 1 saturated heterocycles. The summed E-state index contributed by atoms with van der Waals surface area (Å²) in [6.07, 6.45) is 5.54. The molecule has 1 aliphatic heterocycles. The van der Waals surface area contributed by atoms with Gasteiger partial charge in [0.05, 0.1) is 13.0 Å². The Morgan fingerprint density at radius 2 is 1.80 bits per heavy atom. The summed E-state index contributed by atoms with van der Waals surface area (Å²) < 4.78 is 5.17. The third-order valence-electron chi connectivity index (χ3n) is 5.45. The van der Waals surface area contributed by atoms with Crippen molar-refractivity contribution in [3.63, 3.8) is 0 Å². The standard InChI is InChI=1S/C24H26N4O2/c1-30-22-11-9-18(10-12-22)14-25-23(29)20-8-5-13-28(17-20)24-26-15-21(16-27-24)19-6-3-2-4-7-19/h2-4,6-7,9-12,15-16,20H,5,8,13-14,17H2,1H3,(H,25,29)/t20-/m0/s1. The van der Waals surface area contributed by atoms with Crippen molar-refractivity contribution in [2.75, 3.05) is 25.1 Å². The second-order valence-electron chi connectivity index (χ2n) is 7.49. The zero-order chi connectivity index (χ0) is 20.8. The predicted octanol–water partition coefficient (Wildman–Crippen LogP) is 3.69. The lowest BCUT2D eigenvalue weighted by Gasteiger charge is -2.32. The number of piperidine rings is 1. The lowest BCUT2D eigenvalue weighted by Crippen LogP contribution is -2.43. The number of benzene rings is 2. The molecule has 6 nitrogen and oxygen atoms in total. The van der Waals surface area contributed by atoms with Gasteiger partial charge >= 0.3 is 0 Å². The third-order valence-corrected chi connectivity index (χ3v) is 5.45. The van der Waals surface area contributed by atoms with Crippen molar-refractivity contribution >= 4 is 11.9 Å². The monoisotopic (exact) mass is 402 g/mol. The van der Waals surface area contributed by atoms with E-state index in [1.807, 2.05) is 67.0 Å². The summed E-state index contributed by atoms with van der Waals surface area (Å²) in [6, 6.07) is 17.8. The average Bonchev–Trinajstić information content (AvgIpc) is 2.83. The Hall–Kier alpha value is -3.41. The maximum atomic E-state index is 12.7. The van der Waals surface area contributed by atoms with Crippen LogP contribution >= 0.6 is 0 Å². The zero-order valence-electron chi connectivity index (χ0n) is 17.1. The van der Waals surface area contributed by atoms with E-state index in [1.54, 1.807) is 7.11 Å². The molecule has 0 aliphatic carbocycles. The molecule has 0 radical (unpaired) electrons. The van der Waals surface area contributed by atoms with Crippen LogP contribution in [0.3, 0.4) is 0 Å². The summed E-state index contributed by atoms with van der Waals surface area (Å²) in [6.45, 7) is 2.02. The van der Waals surface area contributed by atoms with E-state index in [-0.39, 0.29) is 11.8 Å². The molecule has 3 aromatic rings. The van der Waals surface area contributed by atoms with Crippen LogP contribution in [-0.2, 0) is 11.3 Å². The maximum absolute atomic E-state index is 12.7. The molecule has 0 saturated carbocycles. The predicted molar refractivity (Wildman–Crippen MR) is 117 cm³/mol. The van der Waals surface area contributed by atoms with E-state index in [4.69, 9.17) is 4.74 Å². The first-order valence-electron chi connectivity index (χ1n) is 10.3. The van der Waals surface area contributed by atoms with Gasteiger partial charge in [0.15, 0.2) is 0 Å². The van der Waals surface area contributed by atoms with E-state index in [2.05, 4.69) is 20.2 Å².